The Bertz CT molecular complexity index is 454. The maximum Gasteiger partial charge on any atom is 0.333 e. The number of hydrogen-bond acceptors (Lipinski definition) is 3. The number of nitrogens with zero attached hydrogens (tertiary/aromatic N) is 2. The molecule has 5 heteroatoms. The number of carboxylic acids is 1. The summed E-state index contributed by atoms with van der Waals surface area (Å²) in [5.41, 5.74) is 1.06. The fraction of sp³-hybridized carbons (Fsp3) is 0.182. The van der Waals surface area contributed by atoms with Crippen molar-refractivity contribution in [3.05, 3.63) is 41.9 Å². The van der Waals surface area contributed by atoms with Crippen LogP contribution in [0.5, 0.6) is 0 Å². The summed E-state index contributed by atoms with van der Waals surface area (Å²) in [5.74, 6) is -1.22. The van der Waals surface area contributed by atoms with Crippen LogP contribution in [-0.2, 0) is 16.1 Å². The minimum Gasteiger partial charge on any atom is -0.478 e. The number of rotatable bonds is 3. The Hall–Kier alpha value is -2.17. The van der Waals surface area contributed by atoms with E-state index in [9.17, 15) is 9.59 Å². The highest BCUT2D eigenvalue weighted by molar-refractivity contribution is 5.97. The predicted octanol–water partition coefficient (Wildman–Crippen LogP) is 0.782. The standard InChI is InChI=1S/C11H10N2O3/c14-10-5-9(11(15)16)7-13(10)6-8-1-3-12-4-2-8/h1-4,7H,5-6H2,(H,15,16). The van der Waals surface area contributed by atoms with Crippen LogP contribution >= 0.6 is 0 Å². The molecule has 0 saturated carbocycles. The highest BCUT2D eigenvalue weighted by Gasteiger charge is 2.25. The number of pyridine rings is 1. The van der Waals surface area contributed by atoms with Gasteiger partial charge in [-0.05, 0) is 17.7 Å². The van der Waals surface area contributed by atoms with Gasteiger partial charge in [0.1, 0.15) is 0 Å². The number of hydrogen-bond donors (Lipinski definition) is 1. The Kier molecular flexibility index (Phi) is 2.68. The van der Waals surface area contributed by atoms with Gasteiger partial charge in [0.15, 0.2) is 0 Å². The van der Waals surface area contributed by atoms with E-state index in [1.807, 2.05) is 0 Å². The summed E-state index contributed by atoms with van der Waals surface area (Å²) >= 11 is 0. The molecule has 0 saturated heterocycles. The van der Waals surface area contributed by atoms with Gasteiger partial charge in [0.2, 0.25) is 5.91 Å². The van der Waals surface area contributed by atoms with Crippen LogP contribution in [0, 0.1) is 0 Å². The molecule has 0 spiro atoms. The molecule has 0 unspecified atom stereocenters. The third kappa shape index (κ3) is 2.08. The maximum atomic E-state index is 11.5. The fourth-order valence-corrected chi connectivity index (χ4v) is 1.52. The molecule has 0 aliphatic carbocycles. The molecule has 0 bridgehead atoms. The highest BCUT2D eigenvalue weighted by atomic mass is 16.4. The molecule has 2 heterocycles. The SMILES string of the molecule is O=C(O)C1=CN(Cc2ccncc2)C(=O)C1. The molecule has 1 aromatic heterocycles. The van der Waals surface area contributed by atoms with Crippen molar-refractivity contribution in [3.8, 4) is 0 Å². The number of carboxylic acid groups (broad SMARTS) is 1. The lowest BCUT2D eigenvalue weighted by Gasteiger charge is -2.12. The van der Waals surface area contributed by atoms with Crippen LogP contribution in [0.4, 0.5) is 0 Å². The van der Waals surface area contributed by atoms with Crippen molar-refractivity contribution in [3.63, 3.8) is 0 Å². The fourth-order valence-electron chi connectivity index (χ4n) is 1.52. The van der Waals surface area contributed by atoms with Crippen LogP contribution in [0.15, 0.2) is 36.3 Å². The summed E-state index contributed by atoms with van der Waals surface area (Å²) in [6.45, 7) is 0.387. The molecule has 1 N–H and O–H groups in total. The van der Waals surface area contributed by atoms with Gasteiger partial charge in [-0.1, -0.05) is 0 Å². The van der Waals surface area contributed by atoms with Gasteiger partial charge in [0.25, 0.3) is 0 Å². The van der Waals surface area contributed by atoms with E-state index in [2.05, 4.69) is 4.98 Å². The molecule has 1 aliphatic rings. The quantitative estimate of drug-likeness (QED) is 0.813. The summed E-state index contributed by atoms with van der Waals surface area (Å²) in [7, 11) is 0. The average molecular weight is 218 g/mol. The van der Waals surface area contributed by atoms with Crippen LogP contribution in [0.25, 0.3) is 0 Å². The van der Waals surface area contributed by atoms with Crippen LogP contribution in [0.3, 0.4) is 0 Å². The summed E-state index contributed by atoms with van der Waals surface area (Å²) in [6, 6.07) is 3.58. The van der Waals surface area contributed by atoms with Crippen molar-refractivity contribution in [2.24, 2.45) is 0 Å². The zero-order chi connectivity index (χ0) is 11.5. The minimum absolute atomic E-state index is 0.0274. The van der Waals surface area contributed by atoms with Gasteiger partial charge in [0, 0.05) is 18.6 Å². The first kappa shape index (κ1) is 10.4. The lowest BCUT2D eigenvalue weighted by Crippen LogP contribution is -2.20. The average Bonchev–Trinajstić information content (AvgIpc) is 2.62. The van der Waals surface area contributed by atoms with Crippen LogP contribution < -0.4 is 0 Å². The van der Waals surface area contributed by atoms with E-state index >= 15 is 0 Å². The molecular weight excluding hydrogens is 208 g/mol. The zero-order valence-electron chi connectivity index (χ0n) is 8.46. The van der Waals surface area contributed by atoms with Gasteiger partial charge in [-0.25, -0.2) is 4.79 Å². The third-order valence-electron chi connectivity index (χ3n) is 2.35. The molecule has 1 aromatic rings. The first-order chi connectivity index (χ1) is 7.66. The van der Waals surface area contributed by atoms with E-state index in [1.54, 1.807) is 24.5 Å². The Balaban J connectivity index is 2.12. The molecule has 1 aliphatic heterocycles. The van der Waals surface area contributed by atoms with Crippen molar-refractivity contribution in [2.45, 2.75) is 13.0 Å². The van der Waals surface area contributed by atoms with Crippen LogP contribution in [0.1, 0.15) is 12.0 Å². The molecular formula is C11H10N2O3. The Labute approximate surface area is 92.0 Å². The number of amides is 1. The summed E-state index contributed by atoms with van der Waals surface area (Å²) < 4.78 is 0. The van der Waals surface area contributed by atoms with Crippen LogP contribution in [0.2, 0.25) is 0 Å². The van der Waals surface area contributed by atoms with Crippen molar-refractivity contribution in [1.82, 2.24) is 9.88 Å². The van der Waals surface area contributed by atoms with E-state index in [1.165, 1.54) is 11.1 Å². The molecule has 5 nitrogen and oxygen atoms in total. The number of carbonyl (C=O) groups excluding carboxylic acids is 1. The topological polar surface area (TPSA) is 70.5 Å². The number of aromatic nitrogens is 1. The van der Waals surface area contributed by atoms with E-state index < -0.39 is 5.97 Å². The van der Waals surface area contributed by atoms with Gasteiger partial charge in [0.05, 0.1) is 18.5 Å². The largest absolute Gasteiger partial charge is 0.478 e. The van der Waals surface area contributed by atoms with Gasteiger partial charge in [-0.15, -0.1) is 0 Å². The highest BCUT2D eigenvalue weighted by Crippen LogP contribution is 2.18. The Morgan fingerprint density at radius 2 is 2.12 bits per heavy atom. The Morgan fingerprint density at radius 1 is 1.44 bits per heavy atom. The summed E-state index contributed by atoms with van der Waals surface area (Å²) in [5, 5.41) is 8.76. The number of carbonyl (C=O) groups is 2. The van der Waals surface area contributed by atoms with E-state index in [0.29, 0.717) is 6.54 Å². The molecule has 82 valence electrons. The monoisotopic (exact) mass is 218 g/mol. The predicted molar refractivity (Wildman–Crippen MR) is 55.1 cm³/mol. The molecule has 0 fully saturated rings. The molecule has 1 amide bonds. The summed E-state index contributed by atoms with van der Waals surface area (Å²) in [4.78, 5) is 27.5. The van der Waals surface area contributed by atoms with Gasteiger partial charge >= 0.3 is 5.97 Å². The first-order valence-electron chi connectivity index (χ1n) is 4.79. The second-order valence-corrected chi connectivity index (χ2v) is 3.51. The molecule has 0 atom stereocenters. The van der Waals surface area contributed by atoms with Gasteiger partial charge < -0.3 is 10.0 Å². The summed E-state index contributed by atoms with van der Waals surface area (Å²) in [6.07, 6.45) is 4.64. The smallest absolute Gasteiger partial charge is 0.333 e. The first-order valence-corrected chi connectivity index (χ1v) is 4.79. The second kappa shape index (κ2) is 4.14. The third-order valence-corrected chi connectivity index (χ3v) is 2.35. The lowest BCUT2D eigenvalue weighted by atomic mass is 10.2. The maximum absolute atomic E-state index is 11.5. The normalized spacial score (nSPS) is 15.1. The zero-order valence-corrected chi connectivity index (χ0v) is 8.46. The van der Waals surface area contributed by atoms with E-state index in [4.69, 9.17) is 5.11 Å². The molecule has 0 aromatic carbocycles. The van der Waals surface area contributed by atoms with Crippen molar-refractivity contribution < 1.29 is 14.7 Å². The molecule has 2 rings (SSSR count). The van der Waals surface area contributed by atoms with Crippen molar-refractivity contribution in [1.29, 1.82) is 0 Å². The molecule has 0 radical (unpaired) electrons. The minimum atomic E-state index is -1.04. The van der Waals surface area contributed by atoms with Gasteiger partial charge in [-0.2, -0.15) is 0 Å². The number of aliphatic carboxylic acids is 1. The Morgan fingerprint density at radius 3 is 2.69 bits per heavy atom. The molecule has 16 heavy (non-hydrogen) atoms. The van der Waals surface area contributed by atoms with Crippen molar-refractivity contribution >= 4 is 11.9 Å². The van der Waals surface area contributed by atoms with Gasteiger partial charge in [-0.3, -0.25) is 9.78 Å². The van der Waals surface area contributed by atoms with Crippen molar-refractivity contribution in [2.75, 3.05) is 0 Å². The van der Waals surface area contributed by atoms with Crippen LogP contribution in [-0.4, -0.2) is 26.9 Å². The van der Waals surface area contributed by atoms with E-state index in [-0.39, 0.29) is 17.9 Å². The second-order valence-electron chi connectivity index (χ2n) is 3.51. The van der Waals surface area contributed by atoms with E-state index in [0.717, 1.165) is 5.56 Å². The lowest BCUT2D eigenvalue weighted by molar-refractivity contribution is -0.134.